The highest BCUT2D eigenvalue weighted by atomic mass is 16.3. The Hall–Kier alpha value is -1.64. The smallest absolute Gasteiger partial charge is 0.115 e. The Morgan fingerprint density at radius 1 is 0.795 bits per heavy atom. The van der Waals surface area contributed by atoms with Crippen LogP contribution in [0.3, 0.4) is 0 Å². The molecule has 0 amide bonds. The topological polar surface area (TPSA) is 40.5 Å². The molecule has 0 spiro atoms. The number of hydrogen-bond acceptors (Lipinski definition) is 2. The summed E-state index contributed by atoms with van der Waals surface area (Å²) >= 11 is 0. The molecule has 0 saturated heterocycles. The molecule has 4 aliphatic rings. The van der Waals surface area contributed by atoms with Gasteiger partial charge in [0.2, 0.25) is 0 Å². The first-order valence-corrected chi connectivity index (χ1v) is 16.3. The minimum atomic E-state index is -0.927. The molecule has 0 aromatic heterocycles. The summed E-state index contributed by atoms with van der Waals surface area (Å²) in [6.07, 6.45) is 14.7. The predicted octanol–water partition coefficient (Wildman–Crippen LogP) is 8.75. The fourth-order valence-electron chi connectivity index (χ4n) is 11.0. The summed E-state index contributed by atoms with van der Waals surface area (Å²) in [5.74, 6) is 4.92. The highest BCUT2D eigenvalue weighted by molar-refractivity contribution is 5.35. The maximum atomic E-state index is 12.0. The van der Waals surface area contributed by atoms with Crippen molar-refractivity contribution in [3.63, 3.8) is 0 Å². The monoisotopic (exact) mass is 528 g/mol. The van der Waals surface area contributed by atoms with E-state index in [0.717, 1.165) is 66.4 Å². The molecule has 39 heavy (non-hydrogen) atoms. The van der Waals surface area contributed by atoms with Crippen molar-refractivity contribution in [2.24, 2.45) is 46.3 Å². The first-order valence-electron chi connectivity index (χ1n) is 16.3. The lowest BCUT2D eigenvalue weighted by Crippen LogP contribution is -2.54. The lowest BCUT2D eigenvalue weighted by molar-refractivity contribution is -0.129. The van der Waals surface area contributed by atoms with E-state index in [-0.39, 0.29) is 6.10 Å². The zero-order chi connectivity index (χ0) is 27.3. The molecular formula is C37H52O2. The van der Waals surface area contributed by atoms with E-state index < -0.39 is 5.60 Å². The average Bonchev–Trinajstić information content (AvgIpc) is 3.31. The van der Waals surface area contributed by atoms with Gasteiger partial charge in [-0.3, -0.25) is 0 Å². The zero-order valence-electron chi connectivity index (χ0n) is 24.7. The van der Waals surface area contributed by atoms with Crippen molar-refractivity contribution in [1.29, 1.82) is 0 Å². The van der Waals surface area contributed by atoms with Crippen LogP contribution in [0.15, 0.2) is 60.7 Å². The molecule has 4 saturated carbocycles. The van der Waals surface area contributed by atoms with Gasteiger partial charge in [0.15, 0.2) is 0 Å². The summed E-state index contributed by atoms with van der Waals surface area (Å²) in [5.41, 5.74) is 2.03. The van der Waals surface area contributed by atoms with Crippen LogP contribution < -0.4 is 0 Å². The zero-order valence-corrected chi connectivity index (χ0v) is 24.7. The molecule has 9 atom stereocenters. The normalized spacial score (nSPS) is 38.9. The molecule has 1 unspecified atom stereocenters. The molecule has 2 N–H and O–H groups in total. The molecule has 2 heteroatoms. The van der Waals surface area contributed by atoms with Crippen molar-refractivity contribution in [2.45, 2.75) is 110 Å². The Morgan fingerprint density at radius 3 is 2.08 bits per heavy atom. The highest BCUT2D eigenvalue weighted by Gasteiger charge is 2.60. The largest absolute Gasteiger partial charge is 0.393 e. The number of hydrogen-bond donors (Lipinski definition) is 2. The second kappa shape index (κ2) is 10.6. The van der Waals surface area contributed by atoms with E-state index in [1.54, 1.807) is 0 Å². The maximum absolute atomic E-state index is 12.0. The fourth-order valence-corrected chi connectivity index (χ4v) is 11.0. The summed E-state index contributed by atoms with van der Waals surface area (Å²) in [6.45, 7) is 7.80. The molecular weight excluding hydrogens is 476 g/mol. The van der Waals surface area contributed by atoms with Crippen molar-refractivity contribution in [2.75, 3.05) is 0 Å². The molecule has 0 aliphatic heterocycles. The standard InChI is InChI=1S/C37H52O2/c1-26(11-10-22-37(39,27-12-6-4-7-13-27)28-14-8-5-9-15-28)32-18-19-33-31-17-16-29-25-30(38)20-23-35(29,2)34(31)21-24-36(32,33)3/h4-9,12-15,26,29-34,38-39H,10-11,16-25H2,1-3H3/t26-,29?,30-,31+,32-,33+,34+,35+,36-/m1/s1. The third-order valence-corrected chi connectivity index (χ3v) is 13.1. The molecule has 0 radical (unpaired) electrons. The summed E-state index contributed by atoms with van der Waals surface area (Å²) in [6, 6.07) is 20.6. The second-order valence-electron chi connectivity index (χ2n) is 14.8. The second-order valence-corrected chi connectivity index (χ2v) is 14.8. The van der Waals surface area contributed by atoms with Gasteiger partial charge in [-0.2, -0.15) is 0 Å². The van der Waals surface area contributed by atoms with Gasteiger partial charge in [0.05, 0.1) is 6.10 Å². The third-order valence-electron chi connectivity index (χ3n) is 13.1. The number of aliphatic hydroxyl groups is 2. The van der Waals surface area contributed by atoms with Crippen LogP contribution in [0, 0.1) is 46.3 Å². The molecule has 2 aromatic rings. The van der Waals surface area contributed by atoms with Gasteiger partial charge in [0.1, 0.15) is 5.60 Å². The predicted molar refractivity (Wildman–Crippen MR) is 160 cm³/mol. The molecule has 0 heterocycles. The number of rotatable bonds is 7. The van der Waals surface area contributed by atoms with Crippen LogP contribution in [0.5, 0.6) is 0 Å². The van der Waals surface area contributed by atoms with Crippen LogP contribution in [0.25, 0.3) is 0 Å². The van der Waals surface area contributed by atoms with Gasteiger partial charge in [-0.05, 0) is 128 Å². The molecule has 4 aliphatic carbocycles. The van der Waals surface area contributed by atoms with Crippen LogP contribution in [-0.2, 0) is 5.60 Å². The fraction of sp³-hybridized carbons (Fsp3) is 0.676. The van der Waals surface area contributed by atoms with Gasteiger partial charge in [-0.1, -0.05) is 87.9 Å². The van der Waals surface area contributed by atoms with Crippen LogP contribution in [0.4, 0.5) is 0 Å². The Bertz CT molecular complexity index is 1060. The highest BCUT2D eigenvalue weighted by Crippen LogP contribution is 2.68. The Balaban J connectivity index is 1.13. The van der Waals surface area contributed by atoms with E-state index in [0.29, 0.717) is 16.7 Å². The first-order chi connectivity index (χ1) is 18.8. The molecule has 4 fully saturated rings. The van der Waals surface area contributed by atoms with Crippen molar-refractivity contribution in [3.05, 3.63) is 71.8 Å². The van der Waals surface area contributed by atoms with Crippen LogP contribution in [0.1, 0.15) is 109 Å². The molecule has 212 valence electrons. The van der Waals surface area contributed by atoms with E-state index in [9.17, 15) is 10.2 Å². The van der Waals surface area contributed by atoms with Gasteiger partial charge in [0.25, 0.3) is 0 Å². The number of fused-ring (bicyclic) bond motifs is 5. The lowest BCUT2D eigenvalue weighted by Gasteiger charge is -2.61. The quantitative estimate of drug-likeness (QED) is 0.377. The summed E-state index contributed by atoms with van der Waals surface area (Å²) < 4.78 is 0. The Morgan fingerprint density at radius 2 is 1.41 bits per heavy atom. The van der Waals surface area contributed by atoms with Gasteiger partial charge >= 0.3 is 0 Å². The Kier molecular flexibility index (Phi) is 7.51. The van der Waals surface area contributed by atoms with Crippen molar-refractivity contribution in [3.8, 4) is 0 Å². The average molecular weight is 529 g/mol. The van der Waals surface area contributed by atoms with Gasteiger partial charge < -0.3 is 10.2 Å². The molecule has 0 bridgehead atoms. The lowest BCUT2D eigenvalue weighted by atomic mass is 9.44. The van der Waals surface area contributed by atoms with Crippen molar-refractivity contribution >= 4 is 0 Å². The number of aliphatic hydroxyl groups excluding tert-OH is 1. The minimum Gasteiger partial charge on any atom is -0.393 e. The molecule has 2 nitrogen and oxygen atoms in total. The third kappa shape index (κ3) is 4.72. The maximum Gasteiger partial charge on any atom is 0.115 e. The van der Waals surface area contributed by atoms with Crippen LogP contribution in [-0.4, -0.2) is 16.3 Å². The summed E-state index contributed by atoms with van der Waals surface area (Å²) in [4.78, 5) is 0. The van der Waals surface area contributed by atoms with E-state index in [1.165, 1.54) is 51.4 Å². The van der Waals surface area contributed by atoms with Gasteiger partial charge in [-0.15, -0.1) is 0 Å². The van der Waals surface area contributed by atoms with Crippen molar-refractivity contribution in [1.82, 2.24) is 0 Å². The molecule has 2 aromatic carbocycles. The van der Waals surface area contributed by atoms with E-state index in [2.05, 4.69) is 45.0 Å². The van der Waals surface area contributed by atoms with Crippen LogP contribution in [0.2, 0.25) is 0 Å². The minimum absolute atomic E-state index is 0.0494. The molecule has 6 rings (SSSR count). The van der Waals surface area contributed by atoms with E-state index in [4.69, 9.17) is 0 Å². The van der Waals surface area contributed by atoms with E-state index in [1.807, 2.05) is 36.4 Å². The van der Waals surface area contributed by atoms with E-state index >= 15 is 0 Å². The number of benzene rings is 2. The van der Waals surface area contributed by atoms with Crippen molar-refractivity contribution < 1.29 is 10.2 Å². The van der Waals surface area contributed by atoms with Gasteiger partial charge in [-0.25, -0.2) is 0 Å². The van der Waals surface area contributed by atoms with Gasteiger partial charge in [0, 0.05) is 0 Å². The SMILES string of the molecule is C[C@H](CCCC(O)(c1ccccc1)c1ccccc1)[C@H]1CC[C@H]2[C@@H]3CCC4C[C@H](O)CC[C@]4(C)[C@H]3CC[C@]12C. The first kappa shape index (κ1) is 27.5. The van der Waals surface area contributed by atoms with Crippen LogP contribution >= 0.6 is 0 Å². The summed E-state index contributed by atoms with van der Waals surface area (Å²) in [7, 11) is 0. The Labute approximate surface area is 237 Å². The summed E-state index contributed by atoms with van der Waals surface area (Å²) in [5, 5.41) is 22.4.